The van der Waals surface area contributed by atoms with Crippen molar-refractivity contribution in [3.63, 3.8) is 0 Å². The Balaban J connectivity index is 1.73. The van der Waals surface area contributed by atoms with Crippen molar-refractivity contribution in [1.29, 1.82) is 0 Å². The molecule has 1 fully saturated rings. The van der Waals surface area contributed by atoms with Crippen LogP contribution in [0.4, 0.5) is 0 Å². The summed E-state index contributed by atoms with van der Waals surface area (Å²) in [6.45, 7) is 7.67. The van der Waals surface area contributed by atoms with E-state index in [0.717, 1.165) is 5.56 Å². The summed E-state index contributed by atoms with van der Waals surface area (Å²) in [4.78, 5) is 18.9. The number of carbonyl (C=O) groups is 1. The van der Waals surface area contributed by atoms with Crippen LogP contribution in [0.3, 0.4) is 0 Å². The van der Waals surface area contributed by atoms with Gasteiger partial charge in [-0.3, -0.25) is 4.79 Å². The molecule has 1 aliphatic heterocycles. The van der Waals surface area contributed by atoms with Gasteiger partial charge in [0.1, 0.15) is 5.76 Å². The van der Waals surface area contributed by atoms with Gasteiger partial charge < -0.3 is 14.1 Å². The zero-order valence-corrected chi connectivity index (χ0v) is 13.8. The van der Waals surface area contributed by atoms with E-state index in [4.69, 9.17) is 9.15 Å². The standard InChI is InChI=1S/C18H22N2O3/c1-13-15(19-17(23-13)14-7-5-4-6-8-14)11-16(21)20-9-10-22-18(2,3)12-20/h4-8H,9-12H2,1-3H3. The number of aryl methyl sites for hydroxylation is 1. The van der Waals surface area contributed by atoms with Crippen LogP contribution in [0.15, 0.2) is 34.7 Å². The molecule has 2 heterocycles. The number of amides is 1. The van der Waals surface area contributed by atoms with E-state index in [-0.39, 0.29) is 17.9 Å². The van der Waals surface area contributed by atoms with Gasteiger partial charge in [-0.2, -0.15) is 0 Å². The molecule has 2 aromatic rings. The molecule has 0 atom stereocenters. The molecule has 1 saturated heterocycles. The SMILES string of the molecule is Cc1oc(-c2ccccc2)nc1CC(=O)N1CCOC(C)(C)C1. The van der Waals surface area contributed by atoms with Crippen molar-refractivity contribution in [3.05, 3.63) is 41.8 Å². The maximum atomic E-state index is 12.5. The molecule has 1 amide bonds. The summed E-state index contributed by atoms with van der Waals surface area (Å²) in [5, 5.41) is 0. The number of nitrogens with zero attached hydrogens (tertiary/aromatic N) is 2. The summed E-state index contributed by atoms with van der Waals surface area (Å²) in [5.74, 6) is 1.33. The highest BCUT2D eigenvalue weighted by molar-refractivity contribution is 5.79. The number of oxazole rings is 1. The fourth-order valence-electron chi connectivity index (χ4n) is 2.78. The van der Waals surface area contributed by atoms with Crippen LogP contribution >= 0.6 is 0 Å². The lowest BCUT2D eigenvalue weighted by Gasteiger charge is -2.38. The van der Waals surface area contributed by atoms with Crippen molar-refractivity contribution in [1.82, 2.24) is 9.88 Å². The van der Waals surface area contributed by atoms with E-state index in [1.165, 1.54) is 0 Å². The summed E-state index contributed by atoms with van der Waals surface area (Å²) in [7, 11) is 0. The lowest BCUT2D eigenvalue weighted by atomic mass is 10.1. The minimum Gasteiger partial charge on any atom is -0.441 e. The van der Waals surface area contributed by atoms with Gasteiger partial charge in [0.2, 0.25) is 11.8 Å². The van der Waals surface area contributed by atoms with Gasteiger partial charge in [-0.25, -0.2) is 4.98 Å². The van der Waals surface area contributed by atoms with Crippen LogP contribution in [0.25, 0.3) is 11.5 Å². The first-order valence-corrected chi connectivity index (χ1v) is 7.88. The third-order valence-corrected chi connectivity index (χ3v) is 4.01. The Kier molecular flexibility index (Phi) is 4.22. The summed E-state index contributed by atoms with van der Waals surface area (Å²) >= 11 is 0. The fourth-order valence-corrected chi connectivity index (χ4v) is 2.78. The Morgan fingerprint density at radius 1 is 1.30 bits per heavy atom. The van der Waals surface area contributed by atoms with Gasteiger partial charge in [0.25, 0.3) is 0 Å². The predicted molar refractivity (Wildman–Crippen MR) is 87.0 cm³/mol. The lowest BCUT2D eigenvalue weighted by molar-refractivity contribution is -0.145. The number of benzene rings is 1. The minimum atomic E-state index is -0.290. The van der Waals surface area contributed by atoms with Crippen molar-refractivity contribution in [2.75, 3.05) is 19.7 Å². The van der Waals surface area contributed by atoms with Crippen molar-refractivity contribution >= 4 is 5.91 Å². The van der Waals surface area contributed by atoms with Crippen molar-refractivity contribution in [2.24, 2.45) is 0 Å². The van der Waals surface area contributed by atoms with E-state index in [9.17, 15) is 4.79 Å². The third-order valence-electron chi connectivity index (χ3n) is 4.01. The molecule has 0 radical (unpaired) electrons. The van der Waals surface area contributed by atoms with E-state index < -0.39 is 0 Å². The molecule has 0 saturated carbocycles. The van der Waals surface area contributed by atoms with Crippen molar-refractivity contribution < 1.29 is 13.9 Å². The predicted octanol–water partition coefficient (Wildman–Crippen LogP) is 2.83. The lowest BCUT2D eigenvalue weighted by Crippen LogP contribution is -2.51. The maximum absolute atomic E-state index is 12.5. The summed E-state index contributed by atoms with van der Waals surface area (Å²) in [6.07, 6.45) is 0.262. The van der Waals surface area contributed by atoms with E-state index in [2.05, 4.69) is 4.98 Å². The number of rotatable bonds is 3. The zero-order chi connectivity index (χ0) is 16.4. The normalized spacial score (nSPS) is 17.3. The van der Waals surface area contributed by atoms with E-state index in [1.807, 2.05) is 56.0 Å². The average Bonchev–Trinajstić information content (AvgIpc) is 2.88. The largest absolute Gasteiger partial charge is 0.441 e. The van der Waals surface area contributed by atoms with Gasteiger partial charge in [0, 0.05) is 18.7 Å². The van der Waals surface area contributed by atoms with Gasteiger partial charge in [0.15, 0.2) is 0 Å². The van der Waals surface area contributed by atoms with Crippen LogP contribution in [0.2, 0.25) is 0 Å². The molecule has 1 aliphatic rings. The van der Waals surface area contributed by atoms with Gasteiger partial charge in [0.05, 0.1) is 24.3 Å². The smallest absolute Gasteiger partial charge is 0.228 e. The second-order valence-electron chi connectivity index (χ2n) is 6.49. The zero-order valence-electron chi connectivity index (χ0n) is 13.8. The number of ether oxygens (including phenoxy) is 1. The Hall–Kier alpha value is -2.14. The van der Waals surface area contributed by atoms with Crippen LogP contribution in [0.1, 0.15) is 25.3 Å². The average molecular weight is 314 g/mol. The molecule has 0 bridgehead atoms. The second kappa shape index (κ2) is 6.16. The molecule has 122 valence electrons. The molecule has 23 heavy (non-hydrogen) atoms. The monoisotopic (exact) mass is 314 g/mol. The molecule has 5 nitrogen and oxygen atoms in total. The molecule has 1 aromatic heterocycles. The molecule has 0 aliphatic carbocycles. The molecule has 1 aromatic carbocycles. The number of hydrogen-bond donors (Lipinski definition) is 0. The summed E-state index contributed by atoms with van der Waals surface area (Å²) in [5.41, 5.74) is 1.34. The highest BCUT2D eigenvalue weighted by Gasteiger charge is 2.30. The van der Waals surface area contributed by atoms with E-state index >= 15 is 0 Å². The quantitative estimate of drug-likeness (QED) is 0.874. The Bertz CT molecular complexity index is 692. The number of hydrogen-bond acceptors (Lipinski definition) is 4. The van der Waals surface area contributed by atoms with Crippen LogP contribution in [0, 0.1) is 6.92 Å². The molecule has 5 heteroatoms. The van der Waals surface area contributed by atoms with Crippen LogP contribution in [-0.4, -0.2) is 41.1 Å². The molecular weight excluding hydrogens is 292 g/mol. The number of carbonyl (C=O) groups excluding carboxylic acids is 1. The molecular formula is C18H22N2O3. The van der Waals surface area contributed by atoms with Gasteiger partial charge in [-0.05, 0) is 32.9 Å². The molecule has 0 spiro atoms. The Morgan fingerprint density at radius 3 is 2.74 bits per heavy atom. The molecule has 3 rings (SSSR count). The fraction of sp³-hybridized carbons (Fsp3) is 0.444. The summed E-state index contributed by atoms with van der Waals surface area (Å²) in [6, 6.07) is 9.72. The van der Waals surface area contributed by atoms with Crippen molar-refractivity contribution in [3.8, 4) is 11.5 Å². The number of aromatic nitrogens is 1. The van der Waals surface area contributed by atoms with Crippen molar-refractivity contribution in [2.45, 2.75) is 32.8 Å². The maximum Gasteiger partial charge on any atom is 0.228 e. The highest BCUT2D eigenvalue weighted by Crippen LogP contribution is 2.23. The molecule has 0 unspecified atom stereocenters. The second-order valence-corrected chi connectivity index (χ2v) is 6.49. The van der Waals surface area contributed by atoms with E-state index in [1.54, 1.807) is 0 Å². The van der Waals surface area contributed by atoms with Crippen LogP contribution in [-0.2, 0) is 16.0 Å². The molecule has 0 N–H and O–H groups in total. The minimum absolute atomic E-state index is 0.0670. The van der Waals surface area contributed by atoms with Gasteiger partial charge in [-0.15, -0.1) is 0 Å². The van der Waals surface area contributed by atoms with Crippen LogP contribution in [0.5, 0.6) is 0 Å². The van der Waals surface area contributed by atoms with Gasteiger partial charge >= 0.3 is 0 Å². The third kappa shape index (κ3) is 3.62. The van der Waals surface area contributed by atoms with Crippen LogP contribution < -0.4 is 0 Å². The Labute approximate surface area is 136 Å². The Morgan fingerprint density at radius 2 is 2.04 bits per heavy atom. The number of morpholine rings is 1. The van der Waals surface area contributed by atoms with E-state index in [0.29, 0.717) is 37.0 Å². The topological polar surface area (TPSA) is 55.6 Å². The first-order chi connectivity index (χ1) is 10.9. The van der Waals surface area contributed by atoms with Gasteiger partial charge in [-0.1, -0.05) is 18.2 Å². The highest BCUT2D eigenvalue weighted by atomic mass is 16.5. The summed E-state index contributed by atoms with van der Waals surface area (Å²) < 4.78 is 11.4. The first kappa shape index (κ1) is 15.7. The first-order valence-electron chi connectivity index (χ1n) is 7.88.